The van der Waals surface area contributed by atoms with E-state index in [1.54, 1.807) is 37.6 Å². The van der Waals surface area contributed by atoms with Gasteiger partial charge in [0.15, 0.2) is 5.11 Å². The van der Waals surface area contributed by atoms with Gasteiger partial charge in [0.25, 0.3) is 0 Å². The Morgan fingerprint density at radius 1 is 1.00 bits per heavy atom. The van der Waals surface area contributed by atoms with E-state index < -0.39 is 5.97 Å². The molecule has 0 spiro atoms. The minimum Gasteiger partial charge on any atom is -0.495 e. The average molecular weight is 556 g/mol. The van der Waals surface area contributed by atoms with Gasteiger partial charge in [0.05, 0.1) is 43.2 Å². The van der Waals surface area contributed by atoms with E-state index >= 15 is 0 Å². The van der Waals surface area contributed by atoms with E-state index in [0.717, 1.165) is 17.1 Å². The van der Waals surface area contributed by atoms with E-state index in [1.165, 1.54) is 7.11 Å². The molecule has 9 nitrogen and oxygen atoms in total. The topological polar surface area (TPSA) is 97.7 Å². The normalized spacial score (nSPS) is 16.4. The number of carbonyl (C=O) groups excluding carboxylic acids is 2. The van der Waals surface area contributed by atoms with Crippen LogP contribution in [0.1, 0.15) is 40.3 Å². The molecule has 0 unspecified atom stereocenters. The molecule has 2 aromatic carbocycles. The van der Waals surface area contributed by atoms with Crippen molar-refractivity contribution in [1.82, 2.24) is 19.8 Å². The van der Waals surface area contributed by atoms with Crippen LogP contribution < -0.4 is 15.4 Å². The zero-order chi connectivity index (χ0) is 28.1. The maximum atomic E-state index is 13.0. The third-order valence-corrected chi connectivity index (χ3v) is 7.16. The Labute approximate surface area is 237 Å². The number of carbonyl (C=O) groups is 2. The summed E-state index contributed by atoms with van der Waals surface area (Å²) in [6, 6.07) is 23.8. The first-order valence-electron chi connectivity index (χ1n) is 12.8. The number of pyridine rings is 1. The highest BCUT2D eigenvalue weighted by molar-refractivity contribution is 7.80. The molecular formula is C30H29N5O4S. The first kappa shape index (κ1) is 26.9. The molecule has 1 aliphatic rings. The van der Waals surface area contributed by atoms with Crippen molar-refractivity contribution < 1.29 is 19.1 Å². The number of para-hydroxylation sites is 2. The molecule has 0 saturated carbocycles. The van der Waals surface area contributed by atoms with Gasteiger partial charge in [-0.25, -0.2) is 4.79 Å². The summed E-state index contributed by atoms with van der Waals surface area (Å²) in [6.45, 7) is 0.382. The van der Waals surface area contributed by atoms with Gasteiger partial charge in [0, 0.05) is 36.7 Å². The van der Waals surface area contributed by atoms with Gasteiger partial charge in [0.2, 0.25) is 5.91 Å². The molecule has 0 aliphatic carbocycles. The maximum Gasteiger partial charge on any atom is 0.337 e. The highest BCUT2D eigenvalue weighted by atomic mass is 32.1. The Balaban J connectivity index is 1.43. The summed E-state index contributed by atoms with van der Waals surface area (Å²) < 4.78 is 12.3. The first-order chi connectivity index (χ1) is 19.5. The van der Waals surface area contributed by atoms with Gasteiger partial charge in [-0.3, -0.25) is 9.78 Å². The number of nitrogens with zero attached hydrogens (tertiary/aromatic N) is 3. The molecule has 2 atom stereocenters. The molecule has 0 radical (unpaired) electrons. The highest BCUT2D eigenvalue weighted by Crippen LogP contribution is 2.39. The Hall–Kier alpha value is -4.70. The average Bonchev–Trinajstić information content (AvgIpc) is 3.60. The van der Waals surface area contributed by atoms with E-state index in [9.17, 15) is 9.59 Å². The molecule has 1 saturated heterocycles. The number of anilines is 1. The molecular weight excluding hydrogens is 526 g/mol. The zero-order valence-electron chi connectivity index (χ0n) is 22.1. The summed E-state index contributed by atoms with van der Waals surface area (Å²) in [7, 11) is 2.93. The Morgan fingerprint density at radius 2 is 1.77 bits per heavy atom. The fraction of sp³-hybridized carbons (Fsp3) is 0.200. The molecule has 2 N–H and O–H groups in total. The number of ether oxygens (including phenoxy) is 2. The van der Waals surface area contributed by atoms with Crippen molar-refractivity contribution in [3.8, 4) is 11.4 Å². The van der Waals surface area contributed by atoms with Crippen molar-refractivity contribution in [3.63, 3.8) is 0 Å². The number of esters is 1. The van der Waals surface area contributed by atoms with Crippen molar-refractivity contribution in [2.75, 3.05) is 26.1 Å². The summed E-state index contributed by atoms with van der Waals surface area (Å²) in [4.78, 5) is 31.5. The molecule has 0 bridgehead atoms. The zero-order valence-corrected chi connectivity index (χ0v) is 22.9. The molecule has 1 aliphatic heterocycles. The van der Waals surface area contributed by atoms with E-state index in [1.807, 2.05) is 65.7 Å². The number of hydrogen-bond acceptors (Lipinski definition) is 6. The van der Waals surface area contributed by atoms with Crippen LogP contribution in [-0.2, 0) is 9.53 Å². The Bertz CT molecular complexity index is 1510. The third-order valence-electron chi connectivity index (χ3n) is 6.81. The molecule has 10 heteroatoms. The van der Waals surface area contributed by atoms with Crippen molar-refractivity contribution in [1.29, 1.82) is 0 Å². The summed E-state index contributed by atoms with van der Waals surface area (Å²) in [6.07, 6.45) is 3.93. The van der Waals surface area contributed by atoms with Gasteiger partial charge < -0.3 is 29.6 Å². The summed E-state index contributed by atoms with van der Waals surface area (Å²) in [5.74, 6) is 0.0527. The van der Waals surface area contributed by atoms with Gasteiger partial charge in [0.1, 0.15) is 5.75 Å². The molecule has 4 aromatic rings. The standard InChI is InChI=1S/C30H29N5O4S/c1-38-25-11-4-3-8-22(25)32-26(36)16-19-35-28(27(33-30(35)40)23-9-5-6-17-31-23)24-10-7-18-34(24)21-14-12-20(13-15-21)29(37)39-2/h3-15,17-18,27-28H,16,19H2,1-2H3,(H,32,36)(H,33,40)/t27-,28-/m0/s1. The summed E-state index contributed by atoms with van der Waals surface area (Å²) in [5, 5.41) is 6.91. The van der Waals surface area contributed by atoms with E-state index in [0.29, 0.717) is 28.7 Å². The van der Waals surface area contributed by atoms with E-state index in [4.69, 9.17) is 21.7 Å². The third kappa shape index (κ3) is 5.52. The molecule has 3 heterocycles. The fourth-order valence-electron chi connectivity index (χ4n) is 4.90. The Kier molecular flexibility index (Phi) is 8.07. The van der Waals surface area contributed by atoms with Crippen LogP contribution >= 0.6 is 12.2 Å². The van der Waals surface area contributed by atoms with Crippen molar-refractivity contribution in [2.45, 2.75) is 18.5 Å². The maximum absolute atomic E-state index is 13.0. The molecule has 2 aromatic heterocycles. The molecule has 204 valence electrons. The number of methoxy groups -OCH3 is 2. The van der Waals surface area contributed by atoms with Gasteiger partial charge in [-0.2, -0.15) is 0 Å². The van der Waals surface area contributed by atoms with Crippen LogP contribution in [0.2, 0.25) is 0 Å². The van der Waals surface area contributed by atoms with Crippen LogP contribution in [-0.4, -0.2) is 52.2 Å². The van der Waals surface area contributed by atoms with Crippen LogP contribution in [0.15, 0.2) is 91.3 Å². The number of benzene rings is 2. The molecule has 1 fully saturated rings. The van der Waals surface area contributed by atoms with Gasteiger partial charge in [-0.05, 0) is 72.9 Å². The van der Waals surface area contributed by atoms with Gasteiger partial charge in [-0.1, -0.05) is 18.2 Å². The predicted molar refractivity (Wildman–Crippen MR) is 156 cm³/mol. The second kappa shape index (κ2) is 12.0. The van der Waals surface area contributed by atoms with Crippen LogP contribution in [0.5, 0.6) is 5.75 Å². The predicted octanol–water partition coefficient (Wildman–Crippen LogP) is 4.67. The second-order valence-electron chi connectivity index (χ2n) is 9.16. The molecule has 40 heavy (non-hydrogen) atoms. The Morgan fingerprint density at radius 3 is 2.50 bits per heavy atom. The SMILES string of the molecule is COC(=O)c1ccc(-n2cccc2[C@H]2[C@H](c3ccccn3)NC(=S)N2CCC(=O)Nc2ccccc2OC)cc1. The minimum atomic E-state index is -0.391. The highest BCUT2D eigenvalue weighted by Gasteiger charge is 2.41. The first-order valence-corrected chi connectivity index (χ1v) is 13.2. The van der Waals surface area contributed by atoms with Crippen molar-refractivity contribution in [3.05, 3.63) is 108 Å². The van der Waals surface area contributed by atoms with Gasteiger partial charge in [-0.15, -0.1) is 0 Å². The number of rotatable bonds is 9. The smallest absolute Gasteiger partial charge is 0.337 e. The van der Waals surface area contributed by atoms with Crippen LogP contribution in [0.3, 0.4) is 0 Å². The number of thiocarbonyl (C=S) groups is 1. The lowest BCUT2D eigenvalue weighted by Crippen LogP contribution is -2.33. The van der Waals surface area contributed by atoms with Crippen LogP contribution in [0.25, 0.3) is 5.69 Å². The fourth-order valence-corrected chi connectivity index (χ4v) is 5.23. The lowest BCUT2D eigenvalue weighted by atomic mass is 10.0. The van der Waals surface area contributed by atoms with Crippen LogP contribution in [0, 0.1) is 0 Å². The van der Waals surface area contributed by atoms with Crippen molar-refractivity contribution >= 4 is 34.9 Å². The van der Waals surface area contributed by atoms with Crippen molar-refractivity contribution in [2.24, 2.45) is 0 Å². The van der Waals surface area contributed by atoms with E-state index in [-0.39, 0.29) is 24.4 Å². The second-order valence-corrected chi connectivity index (χ2v) is 9.55. The van der Waals surface area contributed by atoms with Gasteiger partial charge >= 0.3 is 5.97 Å². The lowest BCUT2D eigenvalue weighted by Gasteiger charge is -2.29. The largest absolute Gasteiger partial charge is 0.495 e. The summed E-state index contributed by atoms with van der Waals surface area (Å²) >= 11 is 5.78. The van der Waals surface area contributed by atoms with Crippen LogP contribution in [0.4, 0.5) is 5.69 Å². The summed E-state index contributed by atoms with van der Waals surface area (Å²) in [5.41, 5.74) is 3.75. The molecule has 5 rings (SSSR count). The monoisotopic (exact) mass is 555 g/mol. The van der Waals surface area contributed by atoms with E-state index in [2.05, 4.69) is 20.2 Å². The number of hydrogen-bond donors (Lipinski definition) is 2. The minimum absolute atomic E-state index is 0.152. The lowest BCUT2D eigenvalue weighted by molar-refractivity contribution is -0.116. The quantitative estimate of drug-likeness (QED) is 0.227. The molecule has 1 amide bonds. The number of amides is 1. The number of nitrogens with one attached hydrogen (secondary N) is 2. The number of aromatic nitrogens is 2.